The van der Waals surface area contributed by atoms with Gasteiger partial charge in [0, 0.05) is 44.6 Å². The monoisotopic (exact) mass is 328 g/mol. The molecular weight excluding hydrogens is 304 g/mol. The lowest BCUT2D eigenvalue weighted by molar-refractivity contribution is -0.142. The lowest BCUT2D eigenvalue weighted by Crippen LogP contribution is -2.55. The Balaban J connectivity index is 1.55. The van der Waals surface area contributed by atoms with E-state index < -0.39 is 5.54 Å². The molecule has 0 saturated carbocycles. The van der Waals surface area contributed by atoms with Crippen LogP contribution in [0.3, 0.4) is 0 Å². The number of rotatable bonds is 3. The van der Waals surface area contributed by atoms with Crippen molar-refractivity contribution in [2.24, 2.45) is 7.05 Å². The molecule has 2 aliphatic rings. The normalized spacial score (nSPS) is 23.5. The van der Waals surface area contributed by atoms with Crippen LogP contribution in [0, 0.1) is 0 Å². The highest BCUT2D eigenvalue weighted by Gasteiger charge is 2.46. The maximum atomic E-state index is 13.4. The van der Waals surface area contributed by atoms with Gasteiger partial charge in [0.05, 0.1) is 6.20 Å². The number of amides is 1. The van der Waals surface area contributed by atoms with Crippen molar-refractivity contribution < 1.29 is 4.79 Å². The Morgan fingerprint density at radius 1 is 1.33 bits per heavy atom. The van der Waals surface area contributed by atoms with Crippen molar-refractivity contribution in [1.29, 1.82) is 0 Å². The first-order valence-electron chi connectivity index (χ1n) is 8.68. The van der Waals surface area contributed by atoms with Crippen LogP contribution in [-0.2, 0) is 17.4 Å². The Morgan fingerprint density at radius 2 is 2.17 bits per heavy atom. The lowest BCUT2D eigenvalue weighted by Gasteiger charge is -2.39. The molecule has 4 rings (SSSR count). The second-order valence-corrected chi connectivity index (χ2v) is 6.92. The minimum Gasteiger partial charge on any atom is -0.340 e. The first-order chi connectivity index (χ1) is 11.7. The first kappa shape index (κ1) is 15.4. The summed E-state index contributed by atoms with van der Waals surface area (Å²) in [4.78, 5) is 15.5. The van der Waals surface area contributed by atoms with Gasteiger partial charge in [0.25, 0.3) is 5.91 Å². The van der Waals surface area contributed by atoms with Gasteiger partial charge in [-0.1, -0.05) is 0 Å². The van der Waals surface area contributed by atoms with Crippen LogP contribution < -0.4 is 5.32 Å². The summed E-state index contributed by atoms with van der Waals surface area (Å²) in [6, 6.07) is 1.90. The third-order valence-corrected chi connectivity index (χ3v) is 5.44. The minimum absolute atomic E-state index is 0.221. The molecule has 0 spiro atoms. The van der Waals surface area contributed by atoms with Gasteiger partial charge in [-0.2, -0.15) is 10.2 Å². The quantitative estimate of drug-likeness (QED) is 0.901. The van der Waals surface area contributed by atoms with E-state index in [2.05, 4.69) is 21.7 Å². The third-order valence-electron chi connectivity index (χ3n) is 5.44. The second kappa shape index (κ2) is 6.05. The van der Waals surface area contributed by atoms with Crippen molar-refractivity contribution >= 4 is 5.91 Å². The zero-order valence-electron chi connectivity index (χ0n) is 14.1. The Hall–Kier alpha value is -2.15. The summed E-state index contributed by atoms with van der Waals surface area (Å²) in [6.45, 7) is 3.30. The molecule has 4 heterocycles. The fourth-order valence-corrected chi connectivity index (χ4v) is 4.07. The average Bonchev–Trinajstić information content (AvgIpc) is 3.35. The van der Waals surface area contributed by atoms with E-state index in [9.17, 15) is 4.79 Å². The summed E-state index contributed by atoms with van der Waals surface area (Å²) in [5.41, 5.74) is 0.699. The highest BCUT2D eigenvalue weighted by Crippen LogP contribution is 2.34. The van der Waals surface area contributed by atoms with Gasteiger partial charge in [-0.15, -0.1) is 0 Å². The van der Waals surface area contributed by atoms with E-state index in [-0.39, 0.29) is 5.91 Å². The number of carbonyl (C=O) groups is 1. The molecule has 2 fully saturated rings. The first-order valence-corrected chi connectivity index (χ1v) is 8.68. The standard InChI is InChI=1S/C17H24N6O/c1-21-12-15(11-20-21)14-3-10-22(13-14)16(24)17(4-7-18-8-5-17)23-9-2-6-19-23/h2,6,9,11-12,14,18H,3-5,7-8,10,13H2,1H3. The van der Waals surface area contributed by atoms with E-state index in [0.717, 1.165) is 45.4 Å². The molecule has 7 heteroatoms. The predicted molar refractivity (Wildman–Crippen MR) is 89.5 cm³/mol. The van der Waals surface area contributed by atoms with Crippen LogP contribution in [0.2, 0.25) is 0 Å². The zero-order chi connectivity index (χ0) is 16.6. The topological polar surface area (TPSA) is 68.0 Å². The molecule has 1 N–H and O–H groups in total. The second-order valence-electron chi connectivity index (χ2n) is 6.92. The van der Waals surface area contributed by atoms with Crippen molar-refractivity contribution in [2.75, 3.05) is 26.2 Å². The molecule has 1 unspecified atom stereocenters. The van der Waals surface area contributed by atoms with Gasteiger partial charge in [-0.25, -0.2) is 0 Å². The van der Waals surface area contributed by atoms with Crippen molar-refractivity contribution in [2.45, 2.75) is 30.7 Å². The molecule has 0 aromatic carbocycles. The minimum atomic E-state index is -0.529. The van der Waals surface area contributed by atoms with Crippen LogP contribution in [0.1, 0.15) is 30.7 Å². The Kier molecular flexibility index (Phi) is 3.88. The lowest BCUT2D eigenvalue weighted by atomic mass is 9.87. The maximum Gasteiger partial charge on any atom is 0.250 e. The molecule has 1 amide bonds. The van der Waals surface area contributed by atoms with Crippen LogP contribution in [0.25, 0.3) is 0 Å². The highest BCUT2D eigenvalue weighted by molar-refractivity contribution is 5.85. The average molecular weight is 328 g/mol. The Bertz CT molecular complexity index is 700. The zero-order valence-corrected chi connectivity index (χ0v) is 14.1. The van der Waals surface area contributed by atoms with E-state index in [1.54, 1.807) is 6.20 Å². The molecule has 2 aromatic heterocycles. The van der Waals surface area contributed by atoms with Crippen molar-refractivity contribution in [3.8, 4) is 0 Å². The van der Waals surface area contributed by atoms with Crippen LogP contribution in [0.4, 0.5) is 0 Å². The van der Waals surface area contributed by atoms with Gasteiger partial charge in [-0.3, -0.25) is 14.2 Å². The third kappa shape index (κ3) is 2.53. The molecule has 2 aliphatic heterocycles. The largest absolute Gasteiger partial charge is 0.340 e. The summed E-state index contributed by atoms with van der Waals surface area (Å²) in [7, 11) is 1.93. The summed E-state index contributed by atoms with van der Waals surface area (Å²) in [5.74, 6) is 0.609. The Morgan fingerprint density at radius 3 is 2.83 bits per heavy atom. The maximum absolute atomic E-state index is 13.4. The fourth-order valence-electron chi connectivity index (χ4n) is 4.07. The van der Waals surface area contributed by atoms with E-state index in [1.165, 1.54) is 5.56 Å². The number of nitrogens with one attached hydrogen (secondary N) is 1. The van der Waals surface area contributed by atoms with Crippen molar-refractivity contribution in [3.05, 3.63) is 36.4 Å². The summed E-state index contributed by atoms with van der Waals surface area (Å²) >= 11 is 0. The van der Waals surface area contributed by atoms with Gasteiger partial charge in [0.1, 0.15) is 5.54 Å². The molecular formula is C17H24N6O. The van der Waals surface area contributed by atoms with Crippen LogP contribution >= 0.6 is 0 Å². The van der Waals surface area contributed by atoms with E-state index in [1.807, 2.05) is 39.8 Å². The number of hydrogen-bond donors (Lipinski definition) is 1. The van der Waals surface area contributed by atoms with E-state index in [0.29, 0.717) is 5.92 Å². The van der Waals surface area contributed by atoms with E-state index >= 15 is 0 Å². The summed E-state index contributed by atoms with van der Waals surface area (Å²) in [6.07, 6.45) is 10.3. The van der Waals surface area contributed by atoms with Gasteiger partial charge in [0.2, 0.25) is 0 Å². The predicted octanol–water partition coefficient (Wildman–Crippen LogP) is 0.711. The molecule has 0 aliphatic carbocycles. The van der Waals surface area contributed by atoms with Gasteiger partial charge in [-0.05, 0) is 44.0 Å². The van der Waals surface area contributed by atoms with Crippen LogP contribution in [0.5, 0.6) is 0 Å². The molecule has 24 heavy (non-hydrogen) atoms. The summed E-state index contributed by atoms with van der Waals surface area (Å²) < 4.78 is 3.71. The van der Waals surface area contributed by atoms with Crippen LogP contribution in [-0.4, -0.2) is 56.5 Å². The number of carbonyl (C=O) groups excluding carboxylic acids is 1. The number of nitrogens with zero attached hydrogens (tertiary/aromatic N) is 5. The molecule has 2 saturated heterocycles. The van der Waals surface area contributed by atoms with Gasteiger partial charge < -0.3 is 10.2 Å². The van der Waals surface area contributed by atoms with Crippen LogP contribution in [0.15, 0.2) is 30.9 Å². The number of piperidine rings is 1. The highest BCUT2D eigenvalue weighted by atomic mass is 16.2. The molecule has 7 nitrogen and oxygen atoms in total. The smallest absolute Gasteiger partial charge is 0.250 e. The van der Waals surface area contributed by atoms with Gasteiger partial charge in [0.15, 0.2) is 0 Å². The molecule has 2 aromatic rings. The molecule has 128 valence electrons. The molecule has 0 bridgehead atoms. The molecule has 0 radical (unpaired) electrons. The SMILES string of the molecule is Cn1cc(C2CCN(C(=O)C3(n4cccn4)CCNCC3)C2)cn1. The number of aryl methyl sites for hydroxylation is 1. The Labute approximate surface area is 141 Å². The fraction of sp³-hybridized carbons (Fsp3) is 0.588. The number of hydrogen-bond acceptors (Lipinski definition) is 4. The number of likely N-dealkylation sites (tertiary alicyclic amines) is 1. The summed E-state index contributed by atoms with van der Waals surface area (Å²) in [5, 5.41) is 12.0. The van der Waals surface area contributed by atoms with Crippen molar-refractivity contribution in [3.63, 3.8) is 0 Å². The molecule has 1 atom stereocenters. The van der Waals surface area contributed by atoms with Crippen molar-refractivity contribution in [1.82, 2.24) is 29.8 Å². The number of aromatic nitrogens is 4. The van der Waals surface area contributed by atoms with Gasteiger partial charge >= 0.3 is 0 Å². The van der Waals surface area contributed by atoms with E-state index in [4.69, 9.17) is 0 Å².